The van der Waals surface area contributed by atoms with Crippen LogP contribution in [0.25, 0.3) is 10.8 Å². The van der Waals surface area contributed by atoms with Gasteiger partial charge in [-0.3, -0.25) is 9.36 Å². The van der Waals surface area contributed by atoms with E-state index in [-0.39, 0.29) is 12.3 Å². The number of nitrogens with zero attached hydrogens (tertiary/aromatic N) is 1. The van der Waals surface area contributed by atoms with Gasteiger partial charge in [0.25, 0.3) is 5.56 Å². The second-order valence-electron chi connectivity index (χ2n) is 6.29. The molecule has 0 unspecified atom stereocenters. The third-order valence-corrected chi connectivity index (χ3v) is 5.72. The summed E-state index contributed by atoms with van der Waals surface area (Å²) in [7, 11) is -1.11. The molecule has 0 fully saturated rings. The van der Waals surface area contributed by atoms with Crippen molar-refractivity contribution in [2.24, 2.45) is 0 Å². The summed E-state index contributed by atoms with van der Waals surface area (Å²) < 4.78 is 8.07. The molecule has 0 radical (unpaired) electrons. The van der Waals surface area contributed by atoms with Crippen LogP contribution in [0.2, 0.25) is 30.7 Å². The smallest absolute Gasteiger partial charge is 0.260 e. The van der Waals surface area contributed by atoms with Gasteiger partial charge in [-0.05, 0) is 24.2 Å². The zero-order valence-electron chi connectivity index (χ0n) is 12.5. The minimum atomic E-state index is -1.11. The molecular weight excluding hydrogens is 370 g/mol. The second-order valence-corrected chi connectivity index (χ2v) is 13.2. The van der Waals surface area contributed by atoms with Gasteiger partial charge in [0.2, 0.25) is 0 Å². The molecular formula is C15H19BrClNO2Si. The van der Waals surface area contributed by atoms with Crippen LogP contribution in [-0.4, -0.2) is 19.2 Å². The van der Waals surface area contributed by atoms with E-state index in [0.29, 0.717) is 17.0 Å². The van der Waals surface area contributed by atoms with Gasteiger partial charge in [0.1, 0.15) is 6.73 Å². The van der Waals surface area contributed by atoms with Crippen LogP contribution in [0.4, 0.5) is 0 Å². The number of benzene rings is 1. The molecule has 0 aliphatic heterocycles. The normalized spacial score (nSPS) is 12.0. The van der Waals surface area contributed by atoms with Crippen LogP contribution >= 0.6 is 27.5 Å². The molecule has 0 N–H and O–H groups in total. The van der Waals surface area contributed by atoms with Crippen molar-refractivity contribution in [1.82, 2.24) is 4.57 Å². The number of halogens is 2. The largest absolute Gasteiger partial charge is 0.361 e. The fourth-order valence-electron chi connectivity index (χ4n) is 1.96. The molecule has 2 aromatic rings. The first kappa shape index (κ1) is 16.7. The maximum Gasteiger partial charge on any atom is 0.260 e. The molecule has 2 rings (SSSR count). The molecule has 114 valence electrons. The molecule has 0 atom stereocenters. The van der Waals surface area contributed by atoms with Crippen LogP contribution in [0.5, 0.6) is 0 Å². The summed E-state index contributed by atoms with van der Waals surface area (Å²) in [5.74, 6) is 0. The van der Waals surface area contributed by atoms with E-state index in [2.05, 4.69) is 35.6 Å². The Hall–Kier alpha value is -0.623. The third kappa shape index (κ3) is 4.42. The quantitative estimate of drug-likeness (QED) is 0.547. The molecule has 6 heteroatoms. The average Bonchev–Trinajstić information content (AvgIpc) is 2.39. The lowest BCUT2D eigenvalue weighted by molar-refractivity contribution is 0.0851. The summed E-state index contributed by atoms with van der Waals surface area (Å²) in [6, 6.07) is 6.56. The molecule has 1 aromatic carbocycles. The Labute approximate surface area is 139 Å². The van der Waals surface area contributed by atoms with Crippen molar-refractivity contribution in [2.75, 3.05) is 6.61 Å². The average molecular weight is 389 g/mol. The topological polar surface area (TPSA) is 31.2 Å². The Morgan fingerprint density at radius 2 is 2.00 bits per heavy atom. The number of hydrogen-bond donors (Lipinski definition) is 0. The first-order valence-corrected chi connectivity index (χ1v) is 11.7. The predicted octanol–water partition coefficient (Wildman–Crippen LogP) is 4.73. The molecule has 1 aromatic heterocycles. The highest BCUT2D eigenvalue weighted by Gasteiger charge is 2.12. The molecule has 1 heterocycles. The first-order chi connectivity index (χ1) is 9.78. The van der Waals surface area contributed by atoms with Crippen LogP contribution < -0.4 is 5.56 Å². The number of ether oxygens (including phenoxy) is 1. The van der Waals surface area contributed by atoms with Crippen molar-refractivity contribution in [1.29, 1.82) is 0 Å². The van der Waals surface area contributed by atoms with Crippen molar-refractivity contribution < 1.29 is 4.74 Å². The summed E-state index contributed by atoms with van der Waals surface area (Å²) in [4.78, 5) is 12.4. The summed E-state index contributed by atoms with van der Waals surface area (Å²) in [6.07, 6.45) is 1.65. The van der Waals surface area contributed by atoms with E-state index in [4.69, 9.17) is 16.3 Å². The zero-order valence-corrected chi connectivity index (χ0v) is 15.8. The number of fused-ring (bicyclic) bond motifs is 1. The predicted molar refractivity (Wildman–Crippen MR) is 95.0 cm³/mol. The van der Waals surface area contributed by atoms with Crippen LogP contribution in [0.3, 0.4) is 0 Å². The Balaban J connectivity index is 2.20. The van der Waals surface area contributed by atoms with Gasteiger partial charge in [-0.2, -0.15) is 0 Å². The monoisotopic (exact) mass is 387 g/mol. The van der Waals surface area contributed by atoms with E-state index < -0.39 is 8.07 Å². The van der Waals surface area contributed by atoms with E-state index in [9.17, 15) is 4.79 Å². The fraction of sp³-hybridized carbons (Fsp3) is 0.400. The summed E-state index contributed by atoms with van der Waals surface area (Å²) in [5.41, 5.74) is -0.0742. The van der Waals surface area contributed by atoms with Crippen molar-refractivity contribution in [3.63, 3.8) is 0 Å². The second kappa shape index (κ2) is 6.65. The van der Waals surface area contributed by atoms with Crippen LogP contribution in [0.15, 0.2) is 33.7 Å². The summed E-state index contributed by atoms with van der Waals surface area (Å²) in [6.45, 7) is 7.82. The molecule has 0 saturated carbocycles. The van der Waals surface area contributed by atoms with E-state index in [1.54, 1.807) is 12.3 Å². The summed E-state index contributed by atoms with van der Waals surface area (Å²) in [5, 5.41) is 1.92. The SMILES string of the molecule is C[Si](C)(C)CCOCn1cc(Cl)c2cc(Br)ccc2c1=O. The molecule has 0 saturated heterocycles. The maximum atomic E-state index is 12.4. The molecule has 0 aliphatic rings. The van der Waals surface area contributed by atoms with E-state index in [1.807, 2.05) is 12.1 Å². The maximum absolute atomic E-state index is 12.4. The van der Waals surface area contributed by atoms with Gasteiger partial charge in [-0.1, -0.05) is 47.2 Å². The highest BCUT2D eigenvalue weighted by atomic mass is 79.9. The lowest BCUT2D eigenvalue weighted by Crippen LogP contribution is -2.24. The zero-order chi connectivity index (χ0) is 15.6. The molecule has 0 spiro atoms. The Morgan fingerprint density at radius 1 is 1.29 bits per heavy atom. The van der Waals surface area contributed by atoms with Crippen molar-refractivity contribution >= 4 is 46.4 Å². The molecule has 0 aliphatic carbocycles. The van der Waals surface area contributed by atoms with E-state index in [0.717, 1.165) is 15.9 Å². The standard InChI is InChI=1S/C15H19BrClNO2Si/c1-21(2,3)7-6-20-10-18-9-14(17)13-8-11(16)4-5-12(13)15(18)19/h4-5,8-9H,6-7,10H2,1-3H3. The Morgan fingerprint density at radius 3 is 2.67 bits per heavy atom. The van der Waals surface area contributed by atoms with Crippen LogP contribution in [0, 0.1) is 0 Å². The molecule has 3 nitrogen and oxygen atoms in total. The Bertz CT molecular complexity index is 709. The lowest BCUT2D eigenvalue weighted by atomic mass is 10.2. The van der Waals surface area contributed by atoms with Crippen molar-refractivity contribution in [2.45, 2.75) is 32.4 Å². The number of rotatable bonds is 5. The number of pyridine rings is 1. The lowest BCUT2D eigenvalue weighted by Gasteiger charge is -2.16. The van der Waals surface area contributed by atoms with Gasteiger partial charge in [0, 0.05) is 36.1 Å². The van der Waals surface area contributed by atoms with Gasteiger partial charge in [0.15, 0.2) is 0 Å². The van der Waals surface area contributed by atoms with Gasteiger partial charge in [0.05, 0.1) is 5.02 Å². The third-order valence-electron chi connectivity index (χ3n) is 3.23. The first-order valence-electron chi connectivity index (χ1n) is 6.84. The highest BCUT2D eigenvalue weighted by molar-refractivity contribution is 9.10. The molecule has 21 heavy (non-hydrogen) atoms. The van der Waals surface area contributed by atoms with Gasteiger partial charge in [-0.15, -0.1) is 0 Å². The van der Waals surface area contributed by atoms with Crippen molar-refractivity contribution in [3.05, 3.63) is 44.2 Å². The minimum absolute atomic E-state index is 0.0742. The van der Waals surface area contributed by atoms with E-state index in [1.165, 1.54) is 4.57 Å². The number of hydrogen-bond acceptors (Lipinski definition) is 2. The van der Waals surface area contributed by atoms with Crippen LogP contribution in [0.1, 0.15) is 0 Å². The van der Waals surface area contributed by atoms with Crippen LogP contribution in [-0.2, 0) is 11.5 Å². The summed E-state index contributed by atoms with van der Waals surface area (Å²) >= 11 is 9.65. The minimum Gasteiger partial charge on any atom is -0.361 e. The van der Waals surface area contributed by atoms with Gasteiger partial charge >= 0.3 is 0 Å². The molecule has 0 amide bonds. The number of aromatic nitrogens is 1. The van der Waals surface area contributed by atoms with E-state index >= 15 is 0 Å². The van der Waals surface area contributed by atoms with Gasteiger partial charge in [-0.25, -0.2) is 0 Å². The van der Waals surface area contributed by atoms with Crippen molar-refractivity contribution in [3.8, 4) is 0 Å². The van der Waals surface area contributed by atoms with Gasteiger partial charge < -0.3 is 4.74 Å². The fourth-order valence-corrected chi connectivity index (χ4v) is 3.35. The highest BCUT2D eigenvalue weighted by Crippen LogP contribution is 2.24. The Kier molecular flexibility index (Phi) is 5.30. The molecule has 0 bridgehead atoms.